The topological polar surface area (TPSA) is 51.8 Å². The Morgan fingerprint density at radius 2 is 1.28 bits per heavy atom. The number of benzene rings is 5. The minimum absolute atomic E-state index is 0.151. The van der Waals surface area contributed by atoms with Crippen molar-refractivity contribution in [3.05, 3.63) is 114 Å². The van der Waals surface area contributed by atoms with Crippen LogP contribution in [-0.4, -0.2) is 15.0 Å². The lowest BCUT2D eigenvalue weighted by atomic mass is 9.97. The highest BCUT2D eigenvalue weighted by Gasteiger charge is 2.16. The van der Waals surface area contributed by atoms with Crippen LogP contribution in [0.1, 0.15) is 0 Å². The number of halogens is 1. The van der Waals surface area contributed by atoms with Crippen LogP contribution in [0, 0.1) is 0 Å². The molecule has 2 aromatic heterocycles. The van der Waals surface area contributed by atoms with Gasteiger partial charge in [0.2, 0.25) is 5.28 Å². The zero-order valence-electron chi connectivity index (χ0n) is 19.0. The Bertz CT molecular complexity index is 1910. The molecule has 5 heteroatoms. The number of hydrogen-bond acceptors (Lipinski definition) is 4. The second-order valence-corrected chi connectivity index (χ2v) is 8.97. The Hall–Kier alpha value is -4.54. The molecular weight excluding hydrogens is 466 g/mol. The standard InChI is InChI=1S/C31H18ClN3O/c32-31-34-29(21-16-17-23-20(18-21)10-6-12-22(23)19-8-2-1-3-9-19)33-30(35-31)25-13-7-15-27-28(25)24-11-4-5-14-26(24)36-27/h1-18H. The van der Waals surface area contributed by atoms with Crippen molar-refractivity contribution in [2.24, 2.45) is 0 Å². The summed E-state index contributed by atoms with van der Waals surface area (Å²) in [5, 5.41) is 4.41. The summed E-state index contributed by atoms with van der Waals surface area (Å²) in [7, 11) is 0. The molecule has 5 aromatic carbocycles. The fourth-order valence-electron chi connectivity index (χ4n) is 4.85. The lowest BCUT2D eigenvalue weighted by Gasteiger charge is -2.10. The number of rotatable bonds is 3. The fourth-order valence-corrected chi connectivity index (χ4v) is 5.01. The predicted molar refractivity (Wildman–Crippen MR) is 146 cm³/mol. The van der Waals surface area contributed by atoms with Gasteiger partial charge in [-0.25, -0.2) is 4.98 Å². The second-order valence-electron chi connectivity index (χ2n) is 8.64. The molecule has 0 fully saturated rings. The number of furan rings is 1. The Morgan fingerprint density at radius 1 is 0.528 bits per heavy atom. The van der Waals surface area contributed by atoms with E-state index in [2.05, 4.69) is 64.6 Å². The van der Waals surface area contributed by atoms with Crippen molar-refractivity contribution >= 4 is 44.3 Å². The van der Waals surface area contributed by atoms with Gasteiger partial charge in [-0.2, -0.15) is 9.97 Å². The Morgan fingerprint density at radius 3 is 2.19 bits per heavy atom. The summed E-state index contributed by atoms with van der Waals surface area (Å²) in [5.41, 5.74) is 5.71. The van der Waals surface area contributed by atoms with Crippen molar-refractivity contribution in [2.45, 2.75) is 0 Å². The molecule has 0 unspecified atom stereocenters. The van der Waals surface area contributed by atoms with Crippen LogP contribution in [0.3, 0.4) is 0 Å². The van der Waals surface area contributed by atoms with Crippen LogP contribution in [0.15, 0.2) is 114 Å². The van der Waals surface area contributed by atoms with Gasteiger partial charge in [0.25, 0.3) is 0 Å². The van der Waals surface area contributed by atoms with Gasteiger partial charge in [0.05, 0.1) is 0 Å². The van der Waals surface area contributed by atoms with E-state index in [1.807, 2.05) is 54.6 Å². The van der Waals surface area contributed by atoms with E-state index in [1.165, 1.54) is 16.5 Å². The molecule has 0 saturated carbocycles. The highest BCUT2D eigenvalue weighted by Crippen LogP contribution is 2.36. The first kappa shape index (κ1) is 20.8. The van der Waals surface area contributed by atoms with Gasteiger partial charge in [-0.3, -0.25) is 0 Å². The van der Waals surface area contributed by atoms with E-state index >= 15 is 0 Å². The minimum atomic E-state index is 0.151. The highest BCUT2D eigenvalue weighted by atomic mass is 35.5. The van der Waals surface area contributed by atoms with Gasteiger partial charge >= 0.3 is 0 Å². The molecule has 0 bridgehead atoms. The van der Waals surface area contributed by atoms with Crippen LogP contribution in [-0.2, 0) is 0 Å². The molecule has 0 aliphatic rings. The van der Waals surface area contributed by atoms with Gasteiger partial charge in [-0.05, 0) is 51.7 Å². The maximum Gasteiger partial charge on any atom is 0.226 e. The Labute approximate surface area is 211 Å². The van der Waals surface area contributed by atoms with Gasteiger partial charge in [-0.15, -0.1) is 0 Å². The van der Waals surface area contributed by atoms with Crippen molar-refractivity contribution in [1.29, 1.82) is 0 Å². The van der Waals surface area contributed by atoms with Gasteiger partial charge in [0, 0.05) is 21.9 Å². The first-order valence-corrected chi connectivity index (χ1v) is 12.0. The summed E-state index contributed by atoms with van der Waals surface area (Å²) in [4.78, 5) is 13.8. The molecule has 0 N–H and O–H groups in total. The molecule has 36 heavy (non-hydrogen) atoms. The number of fused-ring (bicyclic) bond motifs is 4. The molecule has 7 aromatic rings. The molecule has 4 nitrogen and oxygen atoms in total. The molecule has 0 radical (unpaired) electrons. The third-order valence-corrected chi connectivity index (χ3v) is 6.64. The van der Waals surface area contributed by atoms with Crippen molar-refractivity contribution in [3.8, 4) is 33.9 Å². The highest BCUT2D eigenvalue weighted by molar-refractivity contribution is 6.28. The molecule has 0 aliphatic carbocycles. The van der Waals surface area contributed by atoms with E-state index in [0.29, 0.717) is 11.6 Å². The number of aromatic nitrogens is 3. The summed E-state index contributed by atoms with van der Waals surface area (Å²) in [6.45, 7) is 0. The fraction of sp³-hybridized carbons (Fsp3) is 0. The van der Waals surface area contributed by atoms with E-state index in [1.54, 1.807) is 0 Å². The summed E-state index contributed by atoms with van der Waals surface area (Å²) < 4.78 is 6.05. The average Bonchev–Trinajstić information content (AvgIpc) is 3.31. The predicted octanol–water partition coefficient (Wildman–Crippen LogP) is 8.58. The van der Waals surface area contributed by atoms with E-state index in [4.69, 9.17) is 21.0 Å². The second kappa shape index (κ2) is 8.29. The number of hydrogen-bond donors (Lipinski definition) is 0. The maximum absolute atomic E-state index is 6.43. The van der Waals surface area contributed by atoms with Crippen LogP contribution >= 0.6 is 11.6 Å². The van der Waals surface area contributed by atoms with Gasteiger partial charge in [0.15, 0.2) is 11.6 Å². The largest absolute Gasteiger partial charge is 0.456 e. The Kier molecular flexibility index (Phi) is 4.79. The molecule has 0 saturated heterocycles. The van der Waals surface area contributed by atoms with Crippen molar-refractivity contribution in [2.75, 3.05) is 0 Å². The quantitative estimate of drug-likeness (QED) is 0.252. The summed E-state index contributed by atoms with van der Waals surface area (Å²) in [6.07, 6.45) is 0. The summed E-state index contributed by atoms with van der Waals surface area (Å²) in [6, 6.07) is 36.8. The zero-order chi connectivity index (χ0) is 24.1. The van der Waals surface area contributed by atoms with Gasteiger partial charge in [-0.1, -0.05) is 91.0 Å². The normalized spacial score (nSPS) is 11.5. The van der Waals surface area contributed by atoms with Crippen molar-refractivity contribution in [3.63, 3.8) is 0 Å². The zero-order valence-corrected chi connectivity index (χ0v) is 19.8. The first-order chi connectivity index (χ1) is 17.7. The lowest BCUT2D eigenvalue weighted by Crippen LogP contribution is -1.97. The third-order valence-electron chi connectivity index (χ3n) is 6.47. The molecule has 0 aliphatic heterocycles. The molecule has 0 atom stereocenters. The first-order valence-electron chi connectivity index (χ1n) is 11.7. The molecule has 0 amide bonds. The van der Waals surface area contributed by atoms with E-state index < -0.39 is 0 Å². The Balaban J connectivity index is 1.39. The molecule has 170 valence electrons. The van der Waals surface area contributed by atoms with Crippen LogP contribution in [0.25, 0.3) is 66.6 Å². The minimum Gasteiger partial charge on any atom is -0.456 e. The summed E-state index contributed by atoms with van der Waals surface area (Å²) >= 11 is 6.43. The smallest absolute Gasteiger partial charge is 0.226 e. The number of para-hydroxylation sites is 1. The molecule has 7 rings (SSSR count). The molecule has 2 heterocycles. The van der Waals surface area contributed by atoms with Gasteiger partial charge < -0.3 is 4.42 Å². The SMILES string of the molecule is Clc1nc(-c2ccc3c(-c4ccccc4)cccc3c2)nc(-c2cccc3oc4ccccc4c23)n1. The van der Waals surface area contributed by atoms with Crippen molar-refractivity contribution in [1.82, 2.24) is 15.0 Å². The molecule has 0 spiro atoms. The van der Waals surface area contributed by atoms with E-state index in [-0.39, 0.29) is 5.28 Å². The lowest BCUT2D eigenvalue weighted by molar-refractivity contribution is 0.669. The number of nitrogens with zero attached hydrogens (tertiary/aromatic N) is 3. The third kappa shape index (κ3) is 3.43. The van der Waals surface area contributed by atoms with Crippen LogP contribution in [0.2, 0.25) is 5.28 Å². The van der Waals surface area contributed by atoms with Crippen LogP contribution in [0.4, 0.5) is 0 Å². The summed E-state index contributed by atoms with van der Waals surface area (Å²) in [5.74, 6) is 1.04. The van der Waals surface area contributed by atoms with Crippen molar-refractivity contribution < 1.29 is 4.42 Å². The van der Waals surface area contributed by atoms with E-state index in [0.717, 1.165) is 38.5 Å². The average molecular weight is 484 g/mol. The van der Waals surface area contributed by atoms with Crippen LogP contribution < -0.4 is 0 Å². The van der Waals surface area contributed by atoms with E-state index in [9.17, 15) is 0 Å². The monoisotopic (exact) mass is 483 g/mol. The van der Waals surface area contributed by atoms with Gasteiger partial charge in [0.1, 0.15) is 11.2 Å². The van der Waals surface area contributed by atoms with Crippen LogP contribution in [0.5, 0.6) is 0 Å². The molecular formula is C31H18ClN3O. The maximum atomic E-state index is 6.43.